The number of hydrogen-bond acceptors (Lipinski definition) is 2. The molecule has 1 N–H and O–H groups in total. The van der Waals surface area contributed by atoms with Gasteiger partial charge in [0.05, 0.1) is 17.6 Å². The number of para-hydroxylation sites is 1. The lowest BCUT2D eigenvalue weighted by molar-refractivity contribution is -0.117. The minimum absolute atomic E-state index is 0.169. The number of fused-ring (bicyclic) bond motifs is 1. The van der Waals surface area contributed by atoms with Crippen LogP contribution in [0, 0.1) is 0 Å². The Kier molecular flexibility index (Phi) is 4.62. The Morgan fingerprint density at radius 3 is 2.65 bits per heavy atom. The topological polar surface area (TPSA) is 42.0 Å². The van der Waals surface area contributed by atoms with Crippen molar-refractivity contribution in [3.63, 3.8) is 0 Å². The molecule has 4 heteroatoms. The second kappa shape index (κ2) is 7.01. The summed E-state index contributed by atoms with van der Waals surface area (Å²) < 4.78 is 14.1. The Bertz CT molecular complexity index is 799. The zero-order valence-corrected chi connectivity index (χ0v) is 12.6. The summed E-state index contributed by atoms with van der Waals surface area (Å²) in [7, 11) is 0. The van der Waals surface area contributed by atoms with E-state index in [9.17, 15) is 9.18 Å². The van der Waals surface area contributed by atoms with Crippen molar-refractivity contribution < 1.29 is 9.18 Å². The zero-order chi connectivity index (χ0) is 16.1. The third-order valence-corrected chi connectivity index (χ3v) is 3.61. The first-order chi connectivity index (χ1) is 11.2. The third-order valence-electron chi connectivity index (χ3n) is 3.61. The fourth-order valence-corrected chi connectivity index (χ4v) is 2.55. The molecule has 0 saturated heterocycles. The van der Waals surface area contributed by atoms with Crippen LogP contribution >= 0.6 is 0 Å². The number of nitrogens with one attached hydrogen (secondary N) is 1. The van der Waals surface area contributed by atoms with E-state index in [1.807, 2.05) is 54.6 Å². The first-order valence-electron chi connectivity index (χ1n) is 7.54. The van der Waals surface area contributed by atoms with Crippen LogP contribution in [0.15, 0.2) is 66.9 Å². The lowest BCUT2D eigenvalue weighted by atomic mass is 10.1. The van der Waals surface area contributed by atoms with Crippen molar-refractivity contribution in [1.29, 1.82) is 0 Å². The number of pyridine rings is 1. The minimum atomic E-state index is -1.21. The van der Waals surface area contributed by atoms with Crippen LogP contribution in [0.1, 0.15) is 12.0 Å². The molecule has 0 aliphatic rings. The van der Waals surface area contributed by atoms with Crippen LogP contribution in [0.3, 0.4) is 0 Å². The first-order valence-corrected chi connectivity index (χ1v) is 7.54. The molecular formula is C19H17FN2O. The molecule has 0 fully saturated rings. The van der Waals surface area contributed by atoms with E-state index in [1.165, 1.54) is 0 Å². The predicted molar refractivity (Wildman–Crippen MR) is 90.0 cm³/mol. The standard InChI is InChI=1S/C19H17FN2O/c20-16(12-14-6-2-1-3-7-14)13-18(23)22-17-10-4-8-15-9-5-11-21-19(15)17/h1-11,16H,12-13H2,(H,22,23). The molecule has 0 bridgehead atoms. The maximum atomic E-state index is 14.1. The van der Waals surface area contributed by atoms with Crippen LogP contribution in [-0.4, -0.2) is 17.1 Å². The van der Waals surface area contributed by atoms with E-state index < -0.39 is 6.17 Å². The highest BCUT2D eigenvalue weighted by Crippen LogP contribution is 2.21. The van der Waals surface area contributed by atoms with Crippen molar-refractivity contribution in [2.24, 2.45) is 0 Å². The largest absolute Gasteiger partial charge is 0.324 e. The van der Waals surface area contributed by atoms with Gasteiger partial charge in [0, 0.05) is 18.0 Å². The number of benzene rings is 2. The molecule has 116 valence electrons. The number of rotatable bonds is 5. The second-order valence-corrected chi connectivity index (χ2v) is 5.42. The summed E-state index contributed by atoms with van der Waals surface area (Å²) in [4.78, 5) is 16.4. The zero-order valence-electron chi connectivity index (χ0n) is 12.6. The van der Waals surface area contributed by atoms with Gasteiger partial charge < -0.3 is 5.32 Å². The molecule has 3 rings (SSSR count). The minimum Gasteiger partial charge on any atom is -0.324 e. The summed E-state index contributed by atoms with van der Waals surface area (Å²) in [5.41, 5.74) is 2.21. The molecule has 1 amide bonds. The first kappa shape index (κ1) is 15.2. The molecule has 2 aromatic carbocycles. The Morgan fingerprint density at radius 1 is 1.04 bits per heavy atom. The molecule has 1 atom stereocenters. The average molecular weight is 308 g/mol. The molecule has 0 saturated carbocycles. The molecule has 0 radical (unpaired) electrons. The molecule has 1 heterocycles. The van der Waals surface area contributed by atoms with Gasteiger partial charge in [-0.25, -0.2) is 4.39 Å². The van der Waals surface area contributed by atoms with Gasteiger partial charge in [-0.1, -0.05) is 48.5 Å². The number of hydrogen-bond donors (Lipinski definition) is 1. The molecule has 0 aliphatic heterocycles. The van der Waals surface area contributed by atoms with Gasteiger partial charge in [0.15, 0.2) is 0 Å². The Labute approximate surface area is 134 Å². The van der Waals surface area contributed by atoms with E-state index in [4.69, 9.17) is 0 Å². The summed E-state index contributed by atoms with van der Waals surface area (Å²) in [5, 5.41) is 3.70. The Hall–Kier alpha value is -2.75. The lowest BCUT2D eigenvalue weighted by Gasteiger charge is -2.10. The van der Waals surface area contributed by atoms with E-state index >= 15 is 0 Å². The number of halogens is 1. The molecular weight excluding hydrogens is 291 g/mol. The molecule has 3 aromatic rings. The quantitative estimate of drug-likeness (QED) is 0.769. The van der Waals surface area contributed by atoms with Gasteiger partial charge in [-0.2, -0.15) is 0 Å². The van der Waals surface area contributed by atoms with Gasteiger partial charge in [-0.3, -0.25) is 9.78 Å². The van der Waals surface area contributed by atoms with Crippen molar-refractivity contribution in [2.45, 2.75) is 19.0 Å². The van der Waals surface area contributed by atoms with Crippen molar-refractivity contribution in [1.82, 2.24) is 4.98 Å². The van der Waals surface area contributed by atoms with Gasteiger partial charge in [0.2, 0.25) is 5.91 Å². The van der Waals surface area contributed by atoms with Crippen molar-refractivity contribution >= 4 is 22.5 Å². The van der Waals surface area contributed by atoms with Crippen LogP contribution in [0.5, 0.6) is 0 Å². The van der Waals surface area contributed by atoms with Crippen LogP contribution in [0.2, 0.25) is 0 Å². The maximum Gasteiger partial charge on any atom is 0.227 e. The average Bonchev–Trinajstić information content (AvgIpc) is 2.56. The smallest absolute Gasteiger partial charge is 0.227 e. The maximum absolute atomic E-state index is 14.1. The summed E-state index contributed by atoms with van der Waals surface area (Å²) in [6.07, 6.45) is 0.534. The van der Waals surface area contributed by atoms with Gasteiger partial charge >= 0.3 is 0 Å². The van der Waals surface area contributed by atoms with Crippen LogP contribution < -0.4 is 5.32 Å². The van der Waals surface area contributed by atoms with E-state index in [2.05, 4.69) is 10.3 Å². The molecule has 23 heavy (non-hydrogen) atoms. The molecule has 0 spiro atoms. The molecule has 0 aliphatic carbocycles. The Balaban J connectivity index is 1.64. The number of aromatic nitrogens is 1. The van der Waals surface area contributed by atoms with Gasteiger partial charge in [0.1, 0.15) is 6.17 Å². The van der Waals surface area contributed by atoms with Gasteiger partial charge in [-0.15, -0.1) is 0 Å². The van der Waals surface area contributed by atoms with E-state index in [-0.39, 0.29) is 18.7 Å². The summed E-state index contributed by atoms with van der Waals surface area (Å²) in [5.74, 6) is -0.341. The summed E-state index contributed by atoms with van der Waals surface area (Å²) >= 11 is 0. The van der Waals surface area contributed by atoms with Crippen molar-refractivity contribution in [3.8, 4) is 0 Å². The summed E-state index contributed by atoms with van der Waals surface area (Å²) in [6, 6.07) is 18.6. The summed E-state index contributed by atoms with van der Waals surface area (Å²) in [6.45, 7) is 0. The van der Waals surface area contributed by atoms with Gasteiger partial charge in [0.25, 0.3) is 0 Å². The Morgan fingerprint density at radius 2 is 1.83 bits per heavy atom. The van der Waals surface area contributed by atoms with E-state index in [0.717, 1.165) is 10.9 Å². The molecule has 3 nitrogen and oxygen atoms in total. The number of carbonyl (C=O) groups excluding carboxylic acids is 1. The SMILES string of the molecule is O=C(CC(F)Cc1ccccc1)Nc1cccc2cccnc12. The number of nitrogens with zero attached hydrogens (tertiary/aromatic N) is 1. The predicted octanol–water partition coefficient (Wildman–Crippen LogP) is 4.14. The third kappa shape index (κ3) is 3.92. The second-order valence-electron chi connectivity index (χ2n) is 5.42. The van der Waals surface area contributed by atoms with Crippen LogP contribution in [-0.2, 0) is 11.2 Å². The number of amides is 1. The molecule has 1 unspecified atom stereocenters. The lowest BCUT2D eigenvalue weighted by Crippen LogP contribution is -2.19. The van der Waals surface area contributed by atoms with Crippen molar-refractivity contribution in [2.75, 3.05) is 5.32 Å². The highest BCUT2D eigenvalue weighted by atomic mass is 19.1. The fourth-order valence-electron chi connectivity index (χ4n) is 2.55. The van der Waals surface area contributed by atoms with Crippen molar-refractivity contribution in [3.05, 3.63) is 72.4 Å². The monoisotopic (exact) mass is 308 g/mol. The molecule has 1 aromatic heterocycles. The normalized spacial score (nSPS) is 12.0. The van der Waals surface area contributed by atoms with E-state index in [1.54, 1.807) is 12.3 Å². The van der Waals surface area contributed by atoms with E-state index in [0.29, 0.717) is 11.2 Å². The highest BCUT2D eigenvalue weighted by Gasteiger charge is 2.14. The number of alkyl halides is 1. The van der Waals surface area contributed by atoms with Gasteiger partial charge in [-0.05, 0) is 17.7 Å². The highest BCUT2D eigenvalue weighted by molar-refractivity contribution is 6.00. The van der Waals surface area contributed by atoms with Crippen LogP contribution in [0.4, 0.5) is 10.1 Å². The number of carbonyl (C=O) groups is 1. The fraction of sp³-hybridized carbons (Fsp3) is 0.158. The van der Waals surface area contributed by atoms with Crippen LogP contribution in [0.25, 0.3) is 10.9 Å². The number of anilines is 1.